The van der Waals surface area contributed by atoms with Gasteiger partial charge in [0, 0.05) is 0 Å². The van der Waals surface area contributed by atoms with Crippen molar-refractivity contribution in [2.45, 2.75) is 20.0 Å². The van der Waals surface area contributed by atoms with E-state index in [0.29, 0.717) is 11.3 Å². The lowest BCUT2D eigenvalue weighted by molar-refractivity contribution is 0.0697. The van der Waals surface area contributed by atoms with E-state index in [4.69, 9.17) is 9.47 Å². The van der Waals surface area contributed by atoms with Crippen molar-refractivity contribution in [2.24, 2.45) is 0 Å². The molecule has 0 fully saturated rings. The van der Waals surface area contributed by atoms with Gasteiger partial charge in [0.05, 0.1) is 18.8 Å². The van der Waals surface area contributed by atoms with Crippen LogP contribution in [-0.4, -0.2) is 24.3 Å². The molecule has 0 aliphatic rings. The average Bonchev–Trinajstić information content (AvgIpc) is 2.46. The third-order valence-corrected chi connectivity index (χ3v) is 2.97. The van der Waals surface area contributed by atoms with Crippen molar-refractivity contribution in [1.82, 2.24) is 0 Å². The predicted molar refractivity (Wildman–Crippen MR) is 81.2 cm³/mol. The van der Waals surface area contributed by atoms with Crippen molar-refractivity contribution < 1.29 is 19.4 Å². The normalized spacial score (nSPS) is 10.5. The van der Waals surface area contributed by atoms with Gasteiger partial charge in [0.15, 0.2) is 0 Å². The number of carbonyl (C=O) groups is 1. The van der Waals surface area contributed by atoms with Crippen LogP contribution in [0.1, 0.15) is 24.2 Å². The summed E-state index contributed by atoms with van der Waals surface area (Å²) in [7, 11) is 1.51. The fourth-order valence-corrected chi connectivity index (χ4v) is 2.09. The lowest BCUT2D eigenvalue weighted by Crippen LogP contribution is -2.05. The Labute approximate surface area is 123 Å². The Balaban J connectivity index is 2.48. The Bertz CT molecular complexity index is 647. The van der Waals surface area contributed by atoms with Crippen LogP contribution < -0.4 is 9.47 Å². The van der Waals surface area contributed by atoms with Crippen molar-refractivity contribution in [1.29, 1.82) is 0 Å². The van der Waals surface area contributed by atoms with E-state index in [9.17, 15) is 9.90 Å². The van der Waals surface area contributed by atoms with E-state index in [0.717, 1.165) is 11.3 Å². The molecular formula is C17H18O4. The second-order valence-corrected chi connectivity index (χ2v) is 4.91. The Hall–Kier alpha value is -2.49. The summed E-state index contributed by atoms with van der Waals surface area (Å²) in [5.41, 5.74) is 1.64. The maximum absolute atomic E-state index is 11.4. The lowest BCUT2D eigenvalue weighted by Gasteiger charge is -2.12. The van der Waals surface area contributed by atoms with Crippen LogP contribution in [0.2, 0.25) is 0 Å². The molecule has 21 heavy (non-hydrogen) atoms. The summed E-state index contributed by atoms with van der Waals surface area (Å²) in [5, 5.41) is 9.37. The number of benzene rings is 2. The number of rotatable bonds is 5. The number of hydrogen-bond donors (Lipinski definition) is 1. The topological polar surface area (TPSA) is 55.8 Å². The van der Waals surface area contributed by atoms with Gasteiger partial charge in [0.25, 0.3) is 0 Å². The summed E-state index contributed by atoms with van der Waals surface area (Å²) >= 11 is 0. The molecule has 0 aromatic heterocycles. The molecule has 0 aliphatic carbocycles. The van der Waals surface area contributed by atoms with Gasteiger partial charge in [-0.15, -0.1) is 0 Å². The molecule has 0 saturated carbocycles. The van der Waals surface area contributed by atoms with Gasteiger partial charge < -0.3 is 14.6 Å². The molecule has 0 heterocycles. The van der Waals surface area contributed by atoms with E-state index in [1.165, 1.54) is 13.2 Å². The smallest absolute Gasteiger partial charge is 0.336 e. The van der Waals surface area contributed by atoms with E-state index in [1.807, 2.05) is 38.1 Å². The third-order valence-electron chi connectivity index (χ3n) is 2.97. The van der Waals surface area contributed by atoms with Gasteiger partial charge >= 0.3 is 5.97 Å². The summed E-state index contributed by atoms with van der Waals surface area (Å²) in [6, 6.07) is 12.4. The van der Waals surface area contributed by atoms with Gasteiger partial charge in [-0.1, -0.05) is 12.1 Å². The molecule has 2 aromatic carbocycles. The molecule has 2 aromatic rings. The molecule has 1 N–H and O–H groups in total. The second kappa shape index (κ2) is 6.31. The first-order chi connectivity index (χ1) is 10.0. The van der Waals surface area contributed by atoms with Crippen molar-refractivity contribution in [3.05, 3.63) is 48.0 Å². The van der Waals surface area contributed by atoms with E-state index in [1.54, 1.807) is 12.1 Å². The molecule has 0 atom stereocenters. The maximum atomic E-state index is 11.4. The predicted octanol–water partition coefficient (Wildman–Crippen LogP) is 3.85. The largest absolute Gasteiger partial charge is 0.497 e. The second-order valence-electron chi connectivity index (χ2n) is 4.91. The minimum atomic E-state index is -0.987. The first-order valence-corrected chi connectivity index (χ1v) is 6.69. The fourth-order valence-electron chi connectivity index (χ4n) is 2.09. The molecule has 110 valence electrons. The first-order valence-electron chi connectivity index (χ1n) is 6.69. The maximum Gasteiger partial charge on any atom is 0.336 e. The van der Waals surface area contributed by atoms with Crippen molar-refractivity contribution in [3.63, 3.8) is 0 Å². The first kappa shape index (κ1) is 14.9. The van der Waals surface area contributed by atoms with Crippen LogP contribution in [0.3, 0.4) is 0 Å². The van der Waals surface area contributed by atoms with Gasteiger partial charge in [0.1, 0.15) is 11.5 Å². The van der Waals surface area contributed by atoms with Gasteiger partial charge in [-0.2, -0.15) is 0 Å². The molecule has 0 aliphatic heterocycles. The van der Waals surface area contributed by atoms with E-state index in [2.05, 4.69) is 0 Å². The Morgan fingerprint density at radius 3 is 2.48 bits per heavy atom. The number of ether oxygens (including phenoxy) is 2. The molecule has 0 spiro atoms. The van der Waals surface area contributed by atoms with Crippen LogP contribution in [0.4, 0.5) is 0 Å². The van der Waals surface area contributed by atoms with Gasteiger partial charge in [-0.25, -0.2) is 4.79 Å². The molecule has 4 heteroatoms. The highest BCUT2D eigenvalue weighted by Crippen LogP contribution is 2.30. The standard InChI is InChI=1S/C17H18O4/c1-11(2)21-14-6-4-5-12(9-14)15-8-7-13(20-3)10-16(15)17(18)19/h4-11H,1-3H3,(H,18,19). The van der Waals surface area contributed by atoms with Crippen LogP contribution in [0, 0.1) is 0 Å². The molecule has 0 amide bonds. The lowest BCUT2D eigenvalue weighted by atomic mass is 9.99. The summed E-state index contributed by atoms with van der Waals surface area (Å²) in [6.07, 6.45) is 0.0649. The van der Waals surface area contributed by atoms with Crippen molar-refractivity contribution >= 4 is 5.97 Å². The minimum Gasteiger partial charge on any atom is -0.497 e. The minimum absolute atomic E-state index is 0.0649. The zero-order valence-corrected chi connectivity index (χ0v) is 12.3. The van der Waals surface area contributed by atoms with E-state index >= 15 is 0 Å². The van der Waals surface area contributed by atoms with Crippen LogP contribution >= 0.6 is 0 Å². The van der Waals surface area contributed by atoms with Crippen LogP contribution in [0.5, 0.6) is 11.5 Å². The average molecular weight is 286 g/mol. The SMILES string of the molecule is COc1ccc(-c2cccc(OC(C)C)c2)c(C(=O)O)c1. The number of carboxylic acids is 1. The molecule has 0 bridgehead atoms. The highest BCUT2D eigenvalue weighted by atomic mass is 16.5. The monoisotopic (exact) mass is 286 g/mol. The van der Waals surface area contributed by atoms with E-state index < -0.39 is 5.97 Å². The summed E-state index contributed by atoms with van der Waals surface area (Å²) < 4.78 is 10.7. The van der Waals surface area contributed by atoms with Crippen molar-refractivity contribution in [3.8, 4) is 22.6 Å². The molecule has 4 nitrogen and oxygen atoms in total. The highest BCUT2D eigenvalue weighted by Gasteiger charge is 2.13. The van der Waals surface area contributed by atoms with Gasteiger partial charge in [-0.05, 0) is 55.3 Å². The summed E-state index contributed by atoms with van der Waals surface area (Å²) in [4.78, 5) is 11.4. The zero-order chi connectivity index (χ0) is 15.4. The van der Waals surface area contributed by atoms with Gasteiger partial charge in [0.2, 0.25) is 0 Å². The fraction of sp³-hybridized carbons (Fsp3) is 0.235. The molecule has 0 unspecified atom stereocenters. The Morgan fingerprint density at radius 1 is 1.10 bits per heavy atom. The third kappa shape index (κ3) is 3.54. The molecule has 0 saturated heterocycles. The number of aromatic carboxylic acids is 1. The van der Waals surface area contributed by atoms with Crippen LogP contribution in [-0.2, 0) is 0 Å². The molecule has 2 rings (SSSR count). The quantitative estimate of drug-likeness (QED) is 0.907. The summed E-state index contributed by atoms with van der Waals surface area (Å²) in [5.74, 6) is 0.250. The molecule has 0 radical (unpaired) electrons. The Kier molecular flexibility index (Phi) is 4.48. The van der Waals surface area contributed by atoms with Gasteiger partial charge in [-0.3, -0.25) is 0 Å². The van der Waals surface area contributed by atoms with E-state index in [-0.39, 0.29) is 11.7 Å². The molecular weight excluding hydrogens is 268 g/mol. The summed E-state index contributed by atoms with van der Waals surface area (Å²) in [6.45, 7) is 3.89. The Morgan fingerprint density at radius 2 is 1.86 bits per heavy atom. The van der Waals surface area contributed by atoms with Crippen LogP contribution in [0.15, 0.2) is 42.5 Å². The number of carboxylic acid groups (broad SMARTS) is 1. The van der Waals surface area contributed by atoms with Crippen molar-refractivity contribution in [2.75, 3.05) is 7.11 Å². The number of hydrogen-bond acceptors (Lipinski definition) is 3. The number of methoxy groups -OCH3 is 1. The highest BCUT2D eigenvalue weighted by molar-refractivity contribution is 5.96. The zero-order valence-electron chi connectivity index (χ0n) is 12.3. The van der Waals surface area contributed by atoms with Crippen LogP contribution in [0.25, 0.3) is 11.1 Å².